The summed E-state index contributed by atoms with van der Waals surface area (Å²) in [6.07, 6.45) is 2.43. The smallest absolute Gasteiger partial charge is 0.238 e. The van der Waals surface area contributed by atoms with E-state index < -0.39 is 0 Å². The molecular weight excluding hydrogens is 286 g/mol. The van der Waals surface area contributed by atoms with Crippen LogP contribution in [0.3, 0.4) is 0 Å². The topological polar surface area (TPSA) is 44.4 Å². The van der Waals surface area contributed by atoms with Crippen LogP contribution in [0.1, 0.15) is 19.8 Å². The van der Waals surface area contributed by atoms with Gasteiger partial charge in [0.2, 0.25) is 5.91 Å². The number of halogens is 1. The van der Waals surface area contributed by atoms with Crippen LogP contribution in [0.25, 0.3) is 0 Å². The van der Waals surface area contributed by atoms with E-state index in [-0.39, 0.29) is 5.91 Å². The van der Waals surface area contributed by atoms with Gasteiger partial charge in [-0.3, -0.25) is 4.79 Å². The first kappa shape index (κ1) is 16.3. The molecule has 1 aromatic rings. The minimum absolute atomic E-state index is 0.0471. The third-order valence-electron chi connectivity index (χ3n) is 4.02. The first-order valence-electron chi connectivity index (χ1n) is 7.66. The molecule has 5 heteroatoms. The summed E-state index contributed by atoms with van der Waals surface area (Å²) in [6.45, 7) is 6.94. The summed E-state index contributed by atoms with van der Waals surface area (Å²) in [4.78, 5) is 14.3. The Labute approximate surface area is 131 Å². The van der Waals surface area contributed by atoms with E-state index in [9.17, 15) is 4.79 Å². The maximum atomic E-state index is 11.9. The van der Waals surface area contributed by atoms with E-state index in [2.05, 4.69) is 22.5 Å². The Balaban J connectivity index is 1.65. The predicted octanol–water partition coefficient (Wildman–Crippen LogP) is 2.60. The number of carbonyl (C=O) groups excluding carboxylic acids is 1. The summed E-state index contributed by atoms with van der Waals surface area (Å²) in [6, 6.07) is 7.28. The van der Waals surface area contributed by atoms with Gasteiger partial charge in [0, 0.05) is 0 Å². The molecule has 0 atom stereocenters. The van der Waals surface area contributed by atoms with Gasteiger partial charge in [-0.2, -0.15) is 0 Å². The Bertz CT molecular complexity index is 459. The molecule has 0 aromatic heterocycles. The fraction of sp³-hybridized carbons (Fsp3) is 0.562. The standard InChI is InChI=1S/C16H24ClN3O/c1-2-20-9-7-13(8-10-20)11-18-12-16(21)19-15-6-4-3-5-14(15)17/h3-6,13,18H,2,7-12H2,1H3,(H,19,21). The lowest BCUT2D eigenvalue weighted by Crippen LogP contribution is -2.38. The number of para-hydroxylation sites is 1. The van der Waals surface area contributed by atoms with E-state index in [1.165, 1.54) is 25.9 Å². The second-order valence-electron chi connectivity index (χ2n) is 5.54. The normalized spacial score (nSPS) is 16.9. The van der Waals surface area contributed by atoms with Crippen LogP contribution in [0.15, 0.2) is 24.3 Å². The molecule has 0 aliphatic carbocycles. The molecule has 0 bridgehead atoms. The van der Waals surface area contributed by atoms with Gasteiger partial charge in [-0.1, -0.05) is 30.7 Å². The fourth-order valence-electron chi connectivity index (χ4n) is 2.65. The Morgan fingerprint density at radius 1 is 1.33 bits per heavy atom. The third-order valence-corrected chi connectivity index (χ3v) is 4.35. The average molecular weight is 310 g/mol. The number of anilines is 1. The highest BCUT2D eigenvalue weighted by Gasteiger charge is 2.17. The SMILES string of the molecule is CCN1CCC(CNCC(=O)Nc2ccccc2Cl)CC1. The molecule has 1 saturated heterocycles. The molecule has 1 aromatic carbocycles. The number of rotatable bonds is 6. The molecule has 1 aliphatic rings. The minimum Gasteiger partial charge on any atom is -0.324 e. The number of carbonyl (C=O) groups is 1. The van der Waals surface area contributed by atoms with Crippen LogP contribution in [0.4, 0.5) is 5.69 Å². The number of nitrogens with zero attached hydrogens (tertiary/aromatic N) is 1. The molecule has 0 radical (unpaired) electrons. The monoisotopic (exact) mass is 309 g/mol. The summed E-state index contributed by atoms with van der Waals surface area (Å²) in [7, 11) is 0. The molecule has 116 valence electrons. The molecule has 1 heterocycles. The third kappa shape index (κ3) is 5.30. The van der Waals surface area contributed by atoms with Gasteiger partial charge in [0.25, 0.3) is 0 Å². The molecule has 4 nitrogen and oxygen atoms in total. The molecule has 0 spiro atoms. The molecular formula is C16H24ClN3O. The summed E-state index contributed by atoms with van der Waals surface area (Å²) in [5.74, 6) is 0.634. The van der Waals surface area contributed by atoms with Crippen molar-refractivity contribution >= 4 is 23.2 Å². The molecule has 21 heavy (non-hydrogen) atoms. The lowest BCUT2D eigenvalue weighted by molar-refractivity contribution is -0.115. The number of hydrogen-bond donors (Lipinski definition) is 2. The predicted molar refractivity (Wildman–Crippen MR) is 87.8 cm³/mol. The van der Waals surface area contributed by atoms with Crippen LogP contribution >= 0.6 is 11.6 Å². The summed E-state index contributed by atoms with van der Waals surface area (Å²) < 4.78 is 0. The largest absolute Gasteiger partial charge is 0.324 e. The van der Waals surface area contributed by atoms with Crippen molar-refractivity contribution in [3.8, 4) is 0 Å². The Morgan fingerprint density at radius 3 is 2.71 bits per heavy atom. The van der Waals surface area contributed by atoms with Crippen LogP contribution < -0.4 is 10.6 Å². The zero-order valence-corrected chi connectivity index (χ0v) is 13.3. The summed E-state index contributed by atoms with van der Waals surface area (Å²) in [5.41, 5.74) is 0.669. The van der Waals surface area contributed by atoms with Gasteiger partial charge in [-0.15, -0.1) is 0 Å². The molecule has 2 N–H and O–H groups in total. The maximum Gasteiger partial charge on any atom is 0.238 e. The summed E-state index contributed by atoms with van der Waals surface area (Å²) >= 11 is 6.01. The van der Waals surface area contributed by atoms with Crippen molar-refractivity contribution in [2.75, 3.05) is 38.0 Å². The van der Waals surface area contributed by atoms with E-state index in [0.29, 0.717) is 23.2 Å². The van der Waals surface area contributed by atoms with E-state index in [0.717, 1.165) is 13.1 Å². The van der Waals surface area contributed by atoms with Crippen LogP contribution in [-0.2, 0) is 4.79 Å². The highest BCUT2D eigenvalue weighted by Crippen LogP contribution is 2.20. The first-order valence-corrected chi connectivity index (χ1v) is 8.04. The molecule has 0 unspecified atom stereocenters. The van der Waals surface area contributed by atoms with E-state index in [4.69, 9.17) is 11.6 Å². The van der Waals surface area contributed by atoms with Crippen molar-refractivity contribution in [1.29, 1.82) is 0 Å². The molecule has 1 aliphatic heterocycles. The van der Waals surface area contributed by atoms with Crippen molar-refractivity contribution < 1.29 is 4.79 Å². The minimum atomic E-state index is -0.0471. The average Bonchev–Trinajstić information content (AvgIpc) is 2.50. The van der Waals surface area contributed by atoms with Crippen molar-refractivity contribution in [3.05, 3.63) is 29.3 Å². The number of amides is 1. The lowest BCUT2D eigenvalue weighted by atomic mass is 9.97. The van der Waals surface area contributed by atoms with Gasteiger partial charge in [0.05, 0.1) is 17.3 Å². The number of likely N-dealkylation sites (tertiary alicyclic amines) is 1. The van der Waals surface area contributed by atoms with Gasteiger partial charge >= 0.3 is 0 Å². The zero-order valence-electron chi connectivity index (χ0n) is 12.6. The van der Waals surface area contributed by atoms with E-state index >= 15 is 0 Å². The van der Waals surface area contributed by atoms with Crippen LogP contribution in [0.5, 0.6) is 0 Å². The molecule has 1 fully saturated rings. The summed E-state index contributed by atoms with van der Waals surface area (Å²) in [5, 5.41) is 6.64. The fourth-order valence-corrected chi connectivity index (χ4v) is 2.84. The van der Waals surface area contributed by atoms with Crippen molar-refractivity contribution in [2.24, 2.45) is 5.92 Å². The highest BCUT2D eigenvalue weighted by atomic mass is 35.5. The quantitative estimate of drug-likeness (QED) is 0.849. The second-order valence-corrected chi connectivity index (χ2v) is 5.94. The van der Waals surface area contributed by atoms with Crippen LogP contribution in [-0.4, -0.2) is 43.5 Å². The first-order chi connectivity index (χ1) is 10.2. The van der Waals surface area contributed by atoms with Gasteiger partial charge in [0.1, 0.15) is 0 Å². The van der Waals surface area contributed by atoms with Gasteiger partial charge < -0.3 is 15.5 Å². The van der Waals surface area contributed by atoms with Crippen molar-refractivity contribution in [2.45, 2.75) is 19.8 Å². The number of piperidine rings is 1. The molecule has 0 saturated carbocycles. The number of hydrogen-bond acceptors (Lipinski definition) is 3. The highest BCUT2D eigenvalue weighted by molar-refractivity contribution is 6.33. The Kier molecular flexibility index (Phi) is 6.49. The maximum absolute atomic E-state index is 11.9. The van der Waals surface area contributed by atoms with Crippen molar-refractivity contribution in [1.82, 2.24) is 10.2 Å². The van der Waals surface area contributed by atoms with Gasteiger partial charge in [-0.05, 0) is 57.1 Å². The number of nitrogens with one attached hydrogen (secondary N) is 2. The Morgan fingerprint density at radius 2 is 2.05 bits per heavy atom. The van der Waals surface area contributed by atoms with Crippen molar-refractivity contribution in [3.63, 3.8) is 0 Å². The second kappa shape index (κ2) is 8.37. The van der Waals surface area contributed by atoms with E-state index in [1.807, 2.05) is 12.1 Å². The van der Waals surface area contributed by atoms with E-state index in [1.54, 1.807) is 12.1 Å². The van der Waals surface area contributed by atoms with Gasteiger partial charge in [-0.25, -0.2) is 0 Å². The van der Waals surface area contributed by atoms with Gasteiger partial charge in [0.15, 0.2) is 0 Å². The Hall–Kier alpha value is -1.10. The number of benzene rings is 1. The lowest BCUT2D eigenvalue weighted by Gasteiger charge is -2.31. The zero-order chi connectivity index (χ0) is 15.1. The molecule has 1 amide bonds. The van der Waals surface area contributed by atoms with Crippen LogP contribution in [0.2, 0.25) is 5.02 Å². The molecule has 2 rings (SSSR count). The van der Waals surface area contributed by atoms with Crippen LogP contribution in [0, 0.1) is 5.92 Å².